The molecule has 5 nitrogen and oxygen atoms in total. The maximum atomic E-state index is 10.5. The van der Waals surface area contributed by atoms with Crippen LogP contribution in [0.4, 0.5) is 0 Å². The van der Waals surface area contributed by atoms with Gasteiger partial charge in [0, 0.05) is 25.9 Å². The normalized spacial score (nSPS) is 23.5. The van der Waals surface area contributed by atoms with Crippen LogP contribution in [0.1, 0.15) is 72.3 Å². The van der Waals surface area contributed by atoms with Gasteiger partial charge in [0.05, 0.1) is 32.3 Å². The fourth-order valence-corrected chi connectivity index (χ4v) is 4.46. The zero-order valence-electron chi connectivity index (χ0n) is 20.9. The van der Waals surface area contributed by atoms with E-state index in [1.165, 1.54) is 18.4 Å². The summed E-state index contributed by atoms with van der Waals surface area (Å²) in [6.07, 6.45) is 4.47. The highest BCUT2D eigenvalue weighted by Crippen LogP contribution is 2.30. The van der Waals surface area contributed by atoms with Crippen molar-refractivity contribution in [2.24, 2.45) is 0 Å². The van der Waals surface area contributed by atoms with Crippen molar-refractivity contribution in [2.45, 2.75) is 97.2 Å². The van der Waals surface area contributed by atoms with Crippen molar-refractivity contribution in [1.29, 1.82) is 0 Å². The number of likely N-dealkylation sites (N-methyl/N-ethyl adjacent to an activating group) is 1. The lowest BCUT2D eigenvalue weighted by molar-refractivity contribution is -0.945. The third kappa shape index (κ3) is 8.38. The van der Waals surface area contributed by atoms with Gasteiger partial charge in [0.2, 0.25) is 6.29 Å². The Bertz CT molecular complexity index is 658. The lowest BCUT2D eigenvalue weighted by atomic mass is 9.95. The summed E-state index contributed by atoms with van der Waals surface area (Å²) in [6, 6.07) is 8.34. The molecule has 3 unspecified atom stereocenters. The van der Waals surface area contributed by atoms with Gasteiger partial charge in [0.15, 0.2) is 0 Å². The van der Waals surface area contributed by atoms with Gasteiger partial charge in [-0.15, -0.1) is 0 Å². The first-order valence-corrected chi connectivity index (χ1v) is 12.0. The first-order chi connectivity index (χ1) is 14.5. The van der Waals surface area contributed by atoms with Crippen LogP contribution >= 0.6 is 0 Å². The van der Waals surface area contributed by atoms with Gasteiger partial charge in [0.25, 0.3) is 0 Å². The summed E-state index contributed by atoms with van der Waals surface area (Å²) >= 11 is 0. The Morgan fingerprint density at radius 1 is 1.06 bits per heavy atom. The van der Waals surface area contributed by atoms with Gasteiger partial charge >= 0.3 is 0 Å². The number of benzene rings is 1. The van der Waals surface area contributed by atoms with Crippen molar-refractivity contribution in [2.75, 3.05) is 33.4 Å². The Kier molecular flexibility index (Phi) is 9.38. The molecule has 0 aromatic heterocycles. The number of quaternary nitrogens is 1. The van der Waals surface area contributed by atoms with Gasteiger partial charge in [-0.25, -0.2) is 0 Å². The largest absolute Gasteiger partial charge is 0.488 e. The minimum Gasteiger partial charge on any atom is -0.488 e. The predicted molar refractivity (Wildman–Crippen MR) is 126 cm³/mol. The highest BCUT2D eigenvalue weighted by Gasteiger charge is 2.41. The molecular weight excluding hydrogens is 390 g/mol. The van der Waals surface area contributed by atoms with E-state index in [4.69, 9.17) is 14.2 Å². The number of aliphatic hydroxyl groups is 1. The van der Waals surface area contributed by atoms with E-state index in [0.717, 1.165) is 42.6 Å². The minimum atomic E-state index is -0.681. The monoisotopic (exact) mass is 436 g/mol. The first kappa shape index (κ1) is 26.1. The number of piperidine rings is 1. The average molecular weight is 437 g/mol. The number of aryl methyl sites for hydroxylation is 1. The zero-order chi connectivity index (χ0) is 23.1. The number of aliphatic hydroxyl groups excluding tert-OH is 1. The molecule has 2 rings (SSSR count). The molecule has 1 aromatic rings. The summed E-state index contributed by atoms with van der Waals surface area (Å²) in [6.45, 7) is 15.9. The molecule has 1 heterocycles. The van der Waals surface area contributed by atoms with Gasteiger partial charge in [-0.05, 0) is 66.5 Å². The Hall–Kier alpha value is -1.14. The second kappa shape index (κ2) is 11.1. The van der Waals surface area contributed by atoms with Crippen LogP contribution in [0.2, 0.25) is 0 Å². The number of rotatable bonds is 12. The topological polar surface area (TPSA) is 47.9 Å². The van der Waals surface area contributed by atoms with Gasteiger partial charge < -0.3 is 23.8 Å². The summed E-state index contributed by atoms with van der Waals surface area (Å²) < 4.78 is 18.9. The molecule has 0 bridgehead atoms. The number of hydrogen-bond acceptors (Lipinski definition) is 4. The van der Waals surface area contributed by atoms with E-state index in [9.17, 15) is 5.11 Å². The number of hydrogen-bond donors (Lipinski definition) is 1. The molecule has 3 atom stereocenters. The van der Waals surface area contributed by atoms with Crippen molar-refractivity contribution >= 4 is 0 Å². The summed E-state index contributed by atoms with van der Waals surface area (Å²) in [4.78, 5) is 0. The molecule has 0 radical (unpaired) electrons. The number of likely N-dealkylation sites (tertiary alicyclic amines) is 1. The first-order valence-electron chi connectivity index (χ1n) is 12.0. The molecular formula is C26H46NO4+. The Morgan fingerprint density at radius 3 is 2.39 bits per heavy atom. The fourth-order valence-electron chi connectivity index (χ4n) is 4.46. The van der Waals surface area contributed by atoms with Crippen LogP contribution < -0.4 is 4.74 Å². The zero-order valence-corrected chi connectivity index (χ0v) is 20.9. The highest BCUT2D eigenvalue weighted by molar-refractivity contribution is 5.26. The predicted octanol–water partition coefficient (Wildman–Crippen LogP) is 5.08. The maximum absolute atomic E-state index is 10.5. The Labute approximate surface area is 190 Å². The molecule has 0 aliphatic carbocycles. The fraction of sp³-hybridized carbons (Fsp3) is 0.769. The third-order valence-electron chi connectivity index (χ3n) is 6.72. The lowest BCUT2D eigenvalue weighted by Crippen LogP contribution is -2.61. The van der Waals surface area contributed by atoms with Crippen LogP contribution in [0.5, 0.6) is 5.75 Å². The smallest absolute Gasteiger partial charge is 0.208 e. The van der Waals surface area contributed by atoms with Gasteiger partial charge in [-0.2, -0.15) is 0 Å². The van der Waals surface area contributed by atoms with Crippen molar-refractivity contribution < 1.29 is 23.8 Å². The second-order valence-corrected chi connectivity index (χ2v) is 10.6. The summed E-state index contributed by atoms with van der Waals surface area (Å²) in [5, 5.41) is 10.5. The van der Waals surface area contributed by atoms with E-state index in [1.54, 1.807) is 0 Å². The van der Waals surface area contributed by atoms with Gasteiger partial charge in [0.1, 0.15) is 17.4 Å². The molecule has 178 valence electrons. The molecule has 0 saturated carbocycles. The molecule has 0 spiro atoms. The lowest BCUT2D eigenvalue weighted by Gasteiger charge is -2.47. The van der Waals surface area contributed by atoms with Crippen LogP contribution in [-0.4, -0.2) is 66.5 Å². The Morgan fingerprint density at radius 2 is 1.74 bits per heavy atom. The van der Waals surface area contributed by atoms with Gasteiger partial charge in [-0.1, -0.05) is 17.7 Å². The third-order valence-corrected chi connectivity index (χ3v) is 6.72. The standard InChI is InChI=1S/C26H46NO4/c1-8-29-24(28)23-11-9-10-18-27(23,7)19-16-25(3,4)30-20-17-26(5,6)31-22-14-12-21(2)13-15-22/h12-15,23-24,28H,8-11,16-20H2,1-7H3/q+1. The SMILES string of the molecule is CCOC(O)C1CCCC[N+]1(C)CCC(C)(C)OCCC(C)(C)Oc1ccc(C)cc1. The van der Waals surface area contributed by atoms with E-state index in [0.29, 0.717) is 13.2 Å². The van der Waals surface area contributed by atoms with E-state index < -0.39 is 6.29 Å². The maximum Gasteiger partial charge on any atom is 0.208 e. The molecule has 0 amide bonds. The van der Waals surface area contributed by atoms with E-state index in [2.05, 4.69) is 53.8 Å². The molecule has 1 saturated heterocycles. The molecule has 1 N–H and O–H groups in total. The van der Waals surface area contributed by atoms with Crippen LogP contribution in [0.25, 0.3) is 0 Å². The summed E-state index contributed by atoms with van der Waals surface area (Å²) in [5.41, 5.74) is 0.722. The number of nitrogens with zero attached hydrogens (tertiary/aromatic N) is 1. The average Bonchev–Trinajstić information content (AvgIpc) is 2.68. The van der Waals surface area contributed by atoms with Crippen molar-refractivity contribution in [1.82, 2.24) is 0 Å². The van der Waals surface area contributed by atoms with Crippen molar-refractivity contribution in [3.8, 4) is 5.75 Å². The quantitative estimate of drug-likeness (QED) is 0.367. The minimum absolute atomic E-state index is 0.145. The van der Waals surface area contributed by atoms with E-state index in [1.807, 2.05) is 19.1 Å². The second-order valence-electron chi connectivity index (χ2n) is 10.6. The van der Waals surface area contributed by atoms with Gasteiger partial charge in [-0.3, -0.25) is 0 Å². The molecule has 1 aromatic carbocycles. The molecule has 1 aliphatic rings. The van der Waals surface area contributed by atoms with Crippen LogP contribution in [0.3, 0.4) is 0 Å². The van der Waals surface area contributed by atoms with Crippen molar-refractivity contribution in [3.63, 3.8) is 0 Å². The molecule has 31 heavy (non-hydrogen) atoms. The Balaban J connectivity index is 1.84. The molecule has 1 aliphatic heterocycles. The van der Waals surface area contributed by atoms with Crippen LogP contribution in [-0.2, 0) is 9.47 Å². The van der Waals surface area contributed by atoms with Crippen LogP contribution in [0.15, 0.2) is 24.3 Å². The van der Waals surface area contributed by atoms with E-state index in [-0.39, 0.29) is 17.2 Å². The van der Waals surface area contributed by atoms with E-state index >= 15 is 0 Å². The summed E-state index contributed by atoms with van der Waals surface area (Å²) in [7, 11) is 2.26. The molecule has 5 heteroatoms. The van der Waals surface area contributed by atoms with Crippen molar-refractivity contribution in [3.05, 3.63) is 29.8 Å². The number of ether oxygens (including phenoxy) is 3. The highest BCUT2D eigenvalue weighted by atomic mass is 16.6. The molecule has 1 fully saturated rings. The summed E-state index contributed by atoms with van der Waals surface area (Å²) in [5.74, 6) is 0.899. The van der Waals surface area contributed by atoms with Crippen LogP contribution in [0, 0.1) is 6.92 Å².